The summed E-state index contributed by atoms with van der Waals surface area (Å²) in [6.45, 7) is 0. The average Bonchev–Trinajstić information content (AvgIpc) is 2.53. The van der Waals surface area contributed by atoms with Crippen molar-refractivity contribution in [1.29, 1.82) is 0 Å². The Hall–Kier alpha value is -0.530. The van der Waals surface area contributed by atoms with Gasteiger partial charge in [-0.1, -0.05) is 22.6 Å². The van der Waals surface area contributed by atoms with Gasteiger partial charge < -0.3 is 0 Å². The smallest absolute Gasteiger partial charge is 0.203 e. The monoisotopic (exact) mass is 592 g/mol. The van der Waals surface area contributed by atoms with E-state index in [4.69, 9.17) is 0 Å². The van der Waals surface area contributed by atoms with Crippen molar-refractivity contribution >= 4 is 22.6 Å². The minimum atomic E-state index is -8.67. The van der Waals surface area contributed by atoms with Crippen LogP contribution < -0.4 is 0 Å². The highest BCUT2D eigenvalue weighted by atomic mass is 127. The lowest BCUT2D eigenvalue weighted by Crippen LogP contribution is -2.75. The second-order valence-corrected chi connectivity index (χ2v) is 5.97. The molecule has 0 rings (SSSR count). The van der Waals surface area contributed by atoms with Crippen LogP contribution in [0.3, 0.4) is 0 Å². The van der Waals surface area contributed by atoms with Crippen LogP contribution in [-0.2, 0) is 0 Å². The van der Waals surface area contributed by atoms with Gasteiger partial charge in [0.25, 0.3) is 0 Å². The molecular weight excluding hydrogens is 589 g/mol. The van der Waals surface area contributed by atoms with Gasteiger partial charge in [-0.3, -0.25) is 0 Å². The number of hydrogen-bond acceptors (Lipinski definition) is 0. The van der Waals surface area contributed by atoms with Gasteiger partial charge in [0.15, 0.2) is 0 Å². The molecular formula is C10H3F18I. The molecule has 0 saturated heterocycles. The highest BCUT2D eigenvalue weighted by Crippen LogP contribution is 2.64. The topological polar surface area (TPSA) is 0 Å². The van der Waals surface area contributed by atoms with Gasteiger partial charge in [0, 0.05) is 0 Å². The van der Waals surface area contributed by atoms with Gasteiger partial charge in [-0.25, -0.2) is 8.78 Å². The SMILES string of the molecule is FC(F)C(F)(F)C(F)(F)C(F)(F)C(F)(F)C(F)(F)C(F)(F)C(F)(F)C(F)(F)CI. The number of alkyl halides is 19. The molecule has 0 aliphatic heterocycles. The molecule has 176 valence electrons. The Balaban J connectivity index is 6.76. The van der Waals surface area contributed by atoms with Crippen LogP contribution in [0.2, 0.25) is 0 Å². The lowest BCUT2D eigenvalue weighted by atomic mass is 9.88. The van der Waals surface area contributed by atoms with Crippen molar-refractivity contribution in [3.05, 3.63) is 0 Å². The van der Waals surface area contributed by atoms with Crippen LogP contribution in [0.15, 0.2) is 0 Å². The van der Waals surface area contributed by atoms with Gasteiger partial charge in [0.2, 0.25) is 0 Å². The van der Waals surface area contributed by atoms with E-state index in [1.165, 1.54) is 0 Å². The predicted octanol–water partition coefficient (Wildman–Crippen LogP) is 6.77. The van der Waals surface area contributed by atoms with E-state index in [0.717, 1.165) is 0 Å². The molecule has 0 nitrogen and oxygen atoms in total. The number of hydrogen-bond donors (Lipinski definition) is 0. The summed E-state index contributed by atoms with van der Waals surface area (Å²) in [5, 5.41) is 0. The maximum Gasteiger partial charge on any atom is 0.385 e. The Bertz CT molecular complexity index is 591. The zero-order valence-electron chi connectivity index (χ0n) is 12.5. The Morgan fingerprint density at radius 1 is 0.448 bits per heavy atom. The maximum atomic E-state index is 13.2. The third kappa shape index (κ3) is 3.49. The molecule has 0 saturated carbocycles. The highest BCUT2D eigenvalue weighted by Gasteiger charge is 2.95. The molecule has 0 bridgehead atoms. The second kappa shape index (κ2) is 7.27. The summed E-state index contributed by atoms with van der Waals surface area (Å²) in [4.78, 5) is 0. The Morgan fingerprint density at radius 3 is 0.931 bits per heavy atom. The minimum Gasteiger partial charge on any atom is -0.203 e. The minimum absolute atomic E-state index is 0.145. The van der Waals surface area contributed by atoms with Crippen molar-refractivity contribution in [2.75, 3.05) is 4.43 Å². The van der Waals surface area contributed by atoms with Crippen molar-refractivity contribution in [3.8, 4) is 0 Å². The van der Waals surface area contributed by atoms with Crippen LogP contribution in [0, 0.1) is 0 Å². The van der Waals surface area contributed by atoms with Crippen LogP contribution in [0.1, 0.15) is 0 Å². The molecule has 29 heavy (non-hydrogen) atoms. The lowest BCUT2D eigenvalue weighted by molar-refractivity contribution is -0.456. The molecule has 0 unspecified atom stereocenters. The Labute approximate surface area is 160 Å². The van der Waals surface area contributed by atoms with Gasteiger partial charge >= 0.3 is 53.8 Å². The van der Waals surface area contributed by atoms with Gasteiger partial charge in [0.05, 0.1) is 4.43 Å². The van der Waals surface area contributed by atoms with Crippen molar-refractivity contribution in [1.82, 2.24) is 0 Å². The van der Waals surface area contributed by atoms with E-state index in [-0.39, 0.29) is 22.6 Å². The summed E-state index contributed by atoms with van der Waals surface area (Å²) in [6, 6.07) is 0. The van der Waals surface area contributed by atoms with E-state index in [9.17, 15) is 79.0 Å². The Morgan fingerprint density at radius 2 is 0.690 bits per heavy atom. The van der Waals surface area contributed by atoms with Gasteiger partial charge in [-0.15, -0.1) is 0 Å². The first-order valence-electron chi connectivity index (χ1n) is 6.12. The summed E-state index contributed by atoms with van der Waals surface area (Å²) >= 11 is 0.145. The van der Waals surface area contributed by atoms with E-state index in [1.807, 2.05) is 0 Å². The first kappa shape index (κ1) is 28.5. The molecule has 0 fully saturated rings. The summed E-state index contributed by atoms with van der Waals surface area (Å²) < 4.78 is 229. The fraction of sp³-hybridized carbons (Fsp3) is 1.00. The molecule has 19 heteroatoms. The summed E-state index contributed by atoms with van der Waals surface area (Å²) in [7, 11) is 0. The quantitative estimate of drug-likeness (QED) is 0.158. The summed E-state index contributed by atoms with van der Waals surface area (Å²) in [6.07, 6.45) is -5.96. The third-order valence-corrected chi connectivity index (χ3v) is 4.25. The number of halogens is 19. The molecule has 0 radical (unpaired) electrons. The molecule has 0 atom stereocenters. The first-order valence-corrected chi connectivity index (χ1v) is 7.65. The van der Waals surface area contributed by atoms with E-state index >= 15 is 0 Å². The van der Waals surface area contributed by atoms with Crippen molar-refractivity contribution in [3.63, 3.8) is 0 Å². The third-order valence-electron chi connectivity index (χ3n) is 3.29. The normalized spacial score (nSPS) is 16.6. The van der Waals surface area contributed by atoms with Crippen molar-refractivity contribution in [2.24, 2.45) is 0 Å². The largest absolute Gasteiger partial charge is 0.385 e. The number of rotatable bonds is 9. The molecule has 0 aromatic heterocycles. The zero-order chi connectivity index (χ0) is 24.3. The van der Waals surface area contributed by atoms with Crippen molar-refractivity contribution < 1.29 is 79.0 Å². The molecule has 0 heterocycles. The molecule has 0 aromatic rings. The fourth-order valence-corrected chi connectivity index (χ4v) is 1.93. The van der Waals surface area contributed by atoms with Gasteiger partial charge in [-0.2, -0.15) is 70.2 Å². The predicted molar refractivity (Wildman–Crippen MR) is 64.5 cm³/mol. The maximum absolute atomic E-state index is 13.2. The van der Waals surface area contributed by atoms with Crippen LogP contribution in [0.5, 0.6) is 0 Å². The van der Waals surface area contributed by atoms with E-state index in [0.29, 0.717) is 0 Å². The molecule has 0 amide bonds. The Kier molecular flexibility index (Phi) is 7.13. The summed E-state index contributed by atoms with van der Waals surface area (Å²) in [5.41, 5.74) is 0. The average molecular weight is 592 g/mol. The first-order chi connectivity index (χ1) is 12.3. The van der Waals surface area contributed by atoms with Crippen LogP contribution in [-0.4, -0.2) is 58.2 Å². The standard InChI is InChI=1S/C10H3F18I/c11-2(12)4(15,16)6(19,20)8(23,24)10(27,28)9(25,26)7(21,22)5(17,18)3(13,14)1-29/h2H,1H2. The molecule has 0 spiro atoms. The highest BCUT2D eigenvalue weighted by molar-refractivity contribution is 14.1. The van der Waals surface area contributed by atoms with E-state index < -0.39 is 58.2 Å². The zero-order valence-corrected chi connectivity index (χ0v) is 14.6. The molecule has 0 aromatic carbocycles. The van der Waals surface area contributed by atoms with Crippen LogP contribution in [0.25, 0.3) is 0 Å². The van der Waals surface area contributed by atoms with Gasteiger partial charge in [-0.05, 0) is 0 Å². The van der Waals surface area contributed by atoms with Gasteiger partial charge in [0.1, 0.15) is 0 Å². The molecule has 0 aliphatic rings. The fourth-order valence-electron chi connectivity index (χ4n) is 1.45. The van der Waals surface area contributed by atoms with E-state index in [1.54, 1.807) is 0 Å². The molecule has 0 aliphatic carbocycles. The van der Waals surface area contributed by atoms with Crippen molar-refractivity contribution in [2.45, 2.75) is 53.8 Å². The van der Waals surface area contributed by atoms with Crippen LogP contribution in [0.4, 0.5) is 79.0 Å². The molecule has 0 N–H and O–H groups in total. The lowest BCUT2D eigenvalue weighted by Gasteiger charge is -2.43. The van der Waals surface area contributed by atoms with E-state index in [2.05, 4.69) is 0 Å². The summed E-state index contributed by atoms with van der Waals surface area (Å²) in [5.74, 6) is -63.8. The second-order valence-electron chi connectivity index (χ2n) is 5.21. The van der Waals surface area contributed by atoms with Crippen LogP contribution >= 0.6 is 22.6 Å².